The lowest BCUT2D eigenvalue weighted by molar-refractivity contribution is -0.384. The molecular formula is C20H18N4O7. The Morgan fingerprint density at radius 3 is 2.55 bits per heavy atom. The molecule has 11 heteroatoms. The van der Waals surface area contributed by atoms with E-state index in [1.54, 1.807) is 24.3 Å². The number of benzene rings is 2. The molecule has 2 aromatic carbocycles. The molecule has 160 valence electrons. The number of nitrogens with one attached hydrogen (secondary N) is 1. The van der Waals surface area contributed by atoms with Gasteiger partial charge < -0.3 is 19.9 Å². The van der Waals surface area contributed by atoms with E-state index >= 15 is 0 Å². The average molecular weight is 426 g/mol. The van der Waals surface area contributed by atoms with Gasteiger partial charge in [-0.1, -0.05) is 12.1 Å². The number of nitro benzene ring substituents is 1. The van der Waals surface area contributed by atoms with E-state index in [0.717, 1.165) is 4.68 Å². The second kappa shape index (κ2) is 8.95. The number of para-hydroxylation sites is 2. The molecule has 2 N–H and O–H groups in total. The van der Waals surface area contributed by atoms with Gasteiger partial charge in [-0.2, -0.15) is 5.10 Å². The molecule has 1 atom stereocenters. The number of amides is 1. The summed E-state index contributed by atoms with van der Waals surface area (Å²) in [6.45, 7) is 1.42. The van der Waals surface area contributed by atoms with Crippen LogP contribution in [0.3, 0.4) is 0 Å². The van der Waals surface area contributed by atoms with E-state index in [1.165, 1.54) is 44.5 Å². The third-order valence-electron chi connectivity index (χ3n) is 4.25. The maximum atomic E-state index is 12.5. The van der Waals surface area contributed by atoms with Gasteiger partial charge in [-0.25, -0.2) is 4.79 Å². The van der Waals surface area contributed by atoms with Crippen LogP contribution in [0.25, 0.3) is 0 Å². The fourth-order valence-electron chi connectivity index (χ4n) is 2.63. The molecule has 1 amide bonds. The second-order valence-corrected chi connectivity index (χ2v) is 6.37. The van der Waals surface area contributed by atoms with Crippen LogP contribution < -0.4 is 14.8 Å². The minimum atomic E-state index is -1.10. The number of nitro groups is 1. The Bertz CT molecular complexity index is 1140. The molecule has 0 spiro atoms. The first-order valence-corrected chi connectivity index (χ1v) is 8.98. The Hall–Kier alpha value is -4.41. The molecule has 3 rings (SSSR count). The van der Waals surface area contributed by atoms with Gasteiger partial charge in [-0.05, 0) is 25.1 Å². The number of hydrogen-bond donors (Lipinski definition) is 2. The minimum Gasteiger partial charge on any atom is -0.493 e. The molecule has 1 heterocycles. The van der Waals surface area contributed by atoms with E-state index < -0.39 is 22.8 Å². The molecule has 0 aliphatic carbocycles. The molecule has 0 fully saturated rings. The van der Waals surface area contributed by atoms with Crippen molar-refractivity contribution in [2.24, 2.45) is 0 Å². The molecule has 0 aliphatic rings. The number of aromatic nitrogens is 2. The van der Waals surface area contributed by atoms with Crippen LogP contribution in [0, 0.1) is 10.1 Å². The van der Waals surface area contributed by atoms with Crippen molar-refractivity contribution in [3.05, 3.63) is 70.5 Å². The summed E-state index contributed by atoms with van der Waals surface area (Å²) < 4.78 is 12.0. The predicted octanol–water partition coefficient (Wildman–Crippen LogP) is 3.49. The molecule has 0 aliphatic heterocycles. The van der Waals surface area contributed by atoms with Crippen LogP contribution >= 0.6 is 0 Å². The Morgan fingerprint density at radius 2 is 1.90 bits per heavy atom. The van der Waals surface area contributed by atoms with Crippen LogP contribution in [0.2, 0.25) is 0 Å². The zero-order valence-electron chi connectivity index (χ0n) is 16.5. The van der Waals surface area contributed by atoms with E-state index in [4.69, 9.17) is 14.6 Å². The summed E-state index contributed by atoms with van der Waals surface area (Å²) >= 11 is 0. The third kappa shape index (κ3) is 4.96. The van der Waals surface area contributed by atoms with Gasteiger partial charge in [0.05, 0.1) is 23.8 Å². The standard InChI is InChI=1S/C20H18N4O7/c1-12(20(26)27)23-8-7-16(22-23)19(25)21-13-9-14(24(28)29)11-15(10-13)31-18-6-4-3-5-17(18)30-2/h3-12H,1-2H3,(H,21,25)(H,26,27). The normalized spacial score (nSPS) is 11.4. The molecule has 3 aromatic rings. The van der Waals surface area contributed by atoms with E-state index in [0.29, 0.717) is 11.5 Å². The lowest BCUT2D eigenvalue weighted by Gasteiger charge is -2.11. The summed E-state index contributed by atoms with van der Waals surface area (Å²) in [6, 6.07) is 10.9. The number of hydrogen-bond acceptors (Lipinski definition) is 7. The van der Waals surface area contributed by atoms with Crippen molar-refractivity contribution < 1.29 is 29.1 Å². The minimum absolute atomic E-state index is 0.0493. The van der Waals surface area contributed by atoms with Gasteiger partial charge in [0, 0.05) is 18.3 Å². The van der Waals surface area contributed by atoms with Crippen molar-refractivity contribution in [2.45, 2.75) is 13.0 Å². The Labute approximate surface area is 176 Å². The highest BCUT2D eigenvalue weighted by Gasteiger charge is 2.19. The zero-order valence-corrected chi connectivity index (χ0v) is 16.5. The monoisotopic (exact) mass is 426 g/mol. The summed E-state index contributed by atoms with van der Waals surface area (Å²) in [5.74, 6) is -0.896. The van der Waals surface area contributed by atoms with Crippen LogP contribution in [0.1, 0.15) is 23.5 Å². The highest BCUT2D eigenvalue weighted by molar-refractivity contribution is 6.03. The Kier molecular flexibility index (Phi) is 6.15. The van der Waals surface area contributed by atoms with Gasteiger partial charge in [-0.3, -0.25) is 19.6 Å². The summed E-state index contributed by atoms with van der Waals surface area (Å²) in [6.07, 6.45) is 1.36. The number of anilines is 1. The van der Waals surface area contributed by atoms with Crippen molar-refractivity contribution in [1.82, 2.24) is 9.78 Å². The molecule has 0 saturated heterocycles. The first-order chi connectivity index (χ1) is 14.8. The average Bonchev–Trinajstić information content (AvgIpc) is 3.23. The topological polar surface area (TPSA) is 146 Å². The lowest BCUT2D eigenvalue weighted by Crippen LogP contribution is -2.18. The van der Waals surface area contributed by atoms with Gasteiger partial charge in [0.15, 0.2) is 17.2 Å². The SMILES string of the molecule is COc1ccccc1Oc1cc(NC(=O)c2ccn(C(C)C(=O)O)n2)cc([N+](=O)[O-])c1. The molecule has 1 aromatic heterocycles. The zero-order chi connectivity index (χ0) is 22.5. The quantitative estimate of drug-likeness (QED) is 0.411. The Balaban J connectivity index is 1.86. The van der Waals surface area contributed by atoms with Gasteiger partial charge in [0.1, 0.15) is 11.8 Å². The summed E-state index contributed by atoms with van der Waals surface area (Å²) in [5.41, 5.74) is -0.246. The number of rotatable bonds is 8. The molecule has 0 saturated carbocycles. The van der Waals surface area contributed by atoms with Crippen molar-refractivity contribution in [3.63, 3.8) is 0 Å². The second-order valence-electron chi connectivity index (χ2n) is 6.37. The van der Waals surface area contributed by atoms with Crippen molar-refractivity contribution in [1.29, 1.82) is 0 Å². The number of carboxylic acids is 1. The summed E-state index contributed by atoms with van der Waals surface area (Å²) in [5, 5.41) is 26.8. The van der Waals surface area contributed by atoms with E-state index in [-0.39, 0.29) is 22.8 Å². The van der Waals surface area contributed by atoms with E-state index in [2.05, 4.69) is 10.4 Å². The maximum absolute atomic E-state index is 12.5. The molecular weight excluding hydrogens is 408 g/mol. The van der Waals surface area contributed by atoms with Gasteiger partial charge in [0.25, 0.3) is 11.6 Å². The van der Waals surface area contributed by atoms with Crippen LogP contribution in [-0.4, -0.2) is 38.8 Å². The molecule has 11 nitrogen and oxygen atoms in total. The number of nitrogens with zero attached hydrogens (tertiary/aromatic N) is 3. The van der Waals surface area contributed by atoms with Gasteiger partial charge in [-0.15, -0.1) is 0 Å². The first-order valence-electron chi connectivity index (χ1n) is 8.98. The van der Waals surface area contributed by atoms with Crippen molar-refractivity contribution in [3.8, 4) is 17.2 Å². The third-order valence-corrected chi connectivity index (χ3v) is 4.25. The smallest absolute Gasteiger partial charge is 0.328 e. The van der Waals surface area contributed by atoms with Crippen LogP contribution in [-0.2, 0) is 4.79 Å². The first kappa shape index (κ1) is 21.3. The molecule has 0 bridgehead atoms. The van der Waals surface area contributed by atoms with Crippen LogP contribution in [0.15, 0.2) is 54.7 Å². The Morgan fingerprint density at radius 1 is 1.19 bits per heavy atom. The van der Waals surface area contributed by atoms with Crippen molar-refractivity contribution in [2.75, 3.05) is 12.4 Å². The summed E-state index contributed by atoms with van der Waals surface area (Å²) in [4.78, 5) is 34.3. The lowest BCUT2D eigenvalue weighted by atomic mass is 10.2. The number of non-ortho nitro benzene ring substituents is 1. The maximum Gasteiger partial charge on any atom is 0.328 e. The molecule has 1 unspecified atom stereocenters. The number of ether oxygens (including phenoxy) is 2. The number of aliphatic carboxylic acids is 1. The van der Waals surface area contributed by atoms with E-state index in [1.807, 2.05) is 0 Å². The van der Waals surface area contributed by atoms with Gasteiger partial charge in [0.2, 0.25) is 0 Å². The van der Waals surface area contributed by atoms with Crippen molar-refractivity contribution >= 4 is 23.3 Å². The fraction of sp³-hybridized carbons (Fsp3) is 0.150. The van der Waals surface area contributed by atoms with Crippen LogP contribution in [0.5, 0.6) is 17.2 Å². The summed E-state index contributed by atoms with van der Waals surface area (Å²) in [7, 11) is 1.46. The number of methoxy groups -OCH3 is 1. The molecule has 0 radical (unpaired) electrons. The fourth-order valence-corrected chi connectivity index (χ4v) is 2.63. The van der Waals surface area contributed by atoms with E-state index in [9.17, 15) is 19.7 Å². The van der Waals surface area contributed by atoms with Gasteiger partial charge >= 0.3 is 5.97 Å². The number of carbonyl (C=O) groups is 2. The highest BCUT2D eigenvalue weighted by atomic mass is 16.6. The highest BCUT2D eigenvalue weighted by Crippen LogP contribution is 2.34. The number of carboxylic acid groups (broad SMARTS) is 1. The number of carbonyl (C=O) groups excluding carboxylic acids is 1. The predicted molar refractivity (Wildman–Crippen MR) is 109 cm³/mol. The largest absolute Gasteiger partial charge is 0.493 e. The molecule has 31 heavy (non-hydrogen) atoms. The van der Waals surface area contributed by atoms with Crippen LogP contribution in [0.4, 0.5) is 11.4 Å².